The average Bonchev–Trinajstić information content (AvgIpc) is 3.37. The zero-order valence-corrected chi connectivity index (χ0v) is 21.9. The van der Waals surface area contributed by atoms with Crippen LogP contribution in [0.4, 0.5) is 18.3 Å². The summed E-state index contributed by atoms with van der Waals surface area (Å²) in [6, 6.07) is 4.26. The van der Waals surface area contributed by atoms with Crippen LogP contribution < -0.4 is 15.2 Å². The van der Waals surface area contributed by atoms with Crippen LogP contribution in [0.15, 0.2) is 65.1 Å². The minimum atomic E-state index is -5.15. The second-order valence-electron chi connectivity index (χ2n) is 8.18. The fourth-order valence-electron chi connectivity index (χ4n) is 3.74. The number of nitrogens with zero attached hydrogens (tertiary/aromatic N) is 4. The molecule has 210 valence electrons. The van der Waals surface area contributed by atoms with Crippen LogP contribution in [0, 0.1) is 0 Å². The number of thiazole rings is 1. The highest BCUT2D eigenvalue weighted by atomic mass is 32.2. The first-order valence-corrected chi connectivity index (χ1v) is 13.2. The van der Waals surface area contributed by atoms with Crippen LogP contribution in [0.1, 0.15) is 5.69 Å². The van der Waals surface area contributed by atoms with Crippen LogP contribution in [0.3, 0.4) is 0 Å². The number of thioether (sulfide) groups is 1. The molecule has 0 saturated carbocycles. The Bertz CT molecular complexity index is 1410. The second-order valence-corrected chi connectivity index (χ2v) is 10.1. The van der Waals surface area contributed by atoms with Gasteiger partial charge in [-0.3, -0.25) is 24.6 Å². The summed E-state index contributed by atoms with van der Waals surface area (Å²) in [4.78, 5) is 59.3. The summed E-state index contributed by atoms with van der Waals surface area (Å²) in [5, 5.41) is 17.6. The van der Waals surface area contributed by atoms with Gasteiger partial charge in [0.15, 0.2) is 29.8 Å². The molecule has 1 fully saturated rings. The van der Waals surface area contributed by atoms with Gasteiger partial charge in [0.1, 0.15) is 29.4 Å². The fourth-order valence-corrected chi connectivity index (χ4v) is 5.77. The summed E-state index contributed by atoms with van der Waals surface area (Å²) in [5.41, 5.74) is -0.354. The van der Waals surface area contributed by atoms with Gasteiger partial charge in [0.25, 0.3) is 11.8 Å². The van der Waals surface area contributed by atoms with E-state index in [0.717, 1.165) is 4.90 Å². The summed E-state index contributed by atoms with van der Waals surface area (Å²) < 4.78 is 39.5. The Balaban J connectivity index is 1.51. The van der Waals surface area contributed by atoms with E-state index in [1.54, 1.807) is 34.4 Å². The minimum absolute atomic E-state index is 0.123. The van der Waals surface area contributed by atoms with E-state index in [1.165, 1.54) is 23.2 Å². The maximum atomic E-state index is 13.1. The molecule has 2 aromatic rings. The monoisotopic (exact) mass is 597 g/mol. The number of pyridine rings is 1. The first-order chi connectivity index (χ1) is 19.0. The molecule has 2 aromatic heterocycles. The maximum absolute atomic E-state index is 13.1. The molecule has 0 aromatic carbocycles. The minimum Gasteiger partial charge on any atom is -0.477 e. The molecule has 0 aliphatic carbocycles. The number of hydrogen-bond acceptors (Lipinski definition) is 9. The highest BCUT2D eigenvalue weighted by Crippen LogP contribution is 2.40. The Hall–Kier alpha value is -4.25. The highest BCUT2D eigenvalue weighted by molar-refractivity contribution is 8.00. The summed E-state index contributed by atoms with van der Waals surface area (Å²) >= 11 is 1.87. The number of rotatable bonds is 10. The van der Waals surface area contributed by atoms with Crippen molar-refractivity contribution in [2.75, 3.05) is 17.7 Å². The molecule has 0 spiro atoms. The Labute approximate surface area is 232 Å². The summed E-state index contributed by atoms with van der Waals surface area (Å²) in [5.74, 6) is -4.87. The molecule has 0 bridgehead atoms. The molecule has 3 N–H and O–H groups in total. The van der Waals surface area contributed by atoms with Gasteiger partial charge < -0.3 is 15.3 Å². The Morgan fingerprint density at radius 2 is 2.02 bits per heavy atom. The van der Waals surface area contributed by atoms with E-state index in [-0.39, 0.29) is 30.3 Å². The van der Waals surface area contributed by atoms with Crippen LogP contribution >= 0.6 is 23.1 Å². The van der Waals surface area contributed by atoms with Crippen molar-refractivity contribution in [3.05, 3.63) is 65.6 Å². The van der Waals surface area contributed by atoms with Crippen LogP contribution in [0.25, 0.3) is 0 Å². The van der Waals surface area contributed by atoms with E-state index in [9.17, 15) is 37.5 Å². The van der Waals surface area contributed by atoms with Crippen molar-refractivity contribution in [1.29, 1.82) is 0 Å². The SMILES string of the molecule is C=CCON=C(C(=O)NC1C(=O)N2C(C(=O)O)=C(C[n+]3ccccc3)CS[C@@H]12)c1csc(NC(=O)C(F)(F)F)n1. The Morgan fingerprint density at radius 3 is 2.67 bits per heavy atom. The summed E-state index contributed by atoms with van der Waals surface area (Å²) in [6.45, 7) is 3.57. The standard InChI is InChI=1S/C23H19F3N6O6S2/c1-2-8-38-30-14(13-11-40-22(27-13)29-21(37)23(24,25)26)17(33)28-15-18(34)32-16(20(35)36)12(10-39-19(15)32)9-31-6-4-3-5-7-31/h2-7,11,15,19H,1,8-10H2,(H2-,27,28,29,33,35,36,37)/p+1/t15?,19-/m0/s1. The molecule has 2 atom stereocenters. The van der Waals surface area contributed by atoms with Gasteiger partial charge >= 0.3 is 18.1 Å². The number of alkyl halides is 3. The number of carboxylic acid groups (broad SMARTS) is 1. The number of carbonyl (C=O) groups is 4. The van der Waals surface area contributed by atoms with E-state index in [1.807, 2.05) is 6.07 Å². The van der Waals surface area contributed by atoms with Crippen molar-refractivity contribution in [2.24, 2.45) is 5.16 Å². The largest absolute Gasteiger partial charge is 0.477 e. The van der Waals surface area contributed by atoms with Gasteiger partial charge in [-0.05, 0) is 0 Å². The zero-order valence-electron chi connectivity index (χ0n) is 20.3. The van der Waals surface area contributed by atoms with Crippen LogP contribution in [0.2, 0.25) is 0 Å². The number of carboxylic acids is 1. The fraction of sp³-hybridized carbons (Fsp3) is 0.261. The van der Waals surface area contributed by atoms with Gasteiger partial charge in [-0.2, -0.15) is 13.2 Å². The lowest BCUT2D eigenvalue weighted by molar-refractivity contribution is -0.689. The predicted octanol–water partition coefficient (Wildman–Crippen LogP) is 1.28. The average molecular weight is 598 g/mol. The third-order valence-electron chi connectivity index (χ3n) is 5.48. The second kappa shape index (κ2) is 11.9. The van der Waals surface area contributed by atoms with Crippen molar-refractivity contribution in [2.45, 2.75) is 24.1 Å². The van der Waals surface area contributed by atoms with Gasteiger partial charge in [-0.25, -0.2) is 14.3 Å². The third-order valence-corrected chi connectivity index (χ3v) is 7.57. The Morgan fingerprint density at radius 1 is 1.30 bits per heavy atom. The zero-order chi connectivity index (χ0) is 29.0. The quantitative estimate of drug-likeness (QED) is 0.0925. The normalized spacial score (nSPS) is 18.9. The number of β-lactam (4-membered cyclic amide) rings is 1. The summed E-state index contributed by atoms with van der Waals surface area (Å²) in [7, 11) is 0. The van der Waals surface area contributed by atoms with Crippen molar-refractivity contribution in [3.8, 4) is 0 Å². The van der Waals surface area contributed by atoms with Crippen molar-refractivity contribution < 1.29 is 46.9 Å². The van der Waals surface area contributed by atoms with Crippen molar-refractivity contribution in [1.82, 2.24) is 15.2 Å². The molecular weight excluding hydrogens is 577 g/mol. The lowest BCUT2D eigenvalue weighted by Gasteiger charge is -2.49. The first-order valence-electron chi connectivity index (χ1n) is 11.3. The van der Waals surface area contributed by atoms with Gasteiger partial charge in [0.2, 0.25) is 0 Å². The number of carbonyl (C=O) groups excluding carboxylic acids is 3. The molecule has 3 amide bonds. The topological polar surface area (TPSA) is 154 Å². The lowest BCUT2D eigenvalue weighted by atomic mass is 10.0. The van der Waals surface area contributed by atoms with Crippen molar-refractivity contribution in [3.63, 3.8) is 0 Å². The van der Waals surface area contributed by atoms with E-state index >= 15 is 0 Å². The molecular formula is C23H20F3N6O6S2+. The molecule has 4 rings (SSSR count). The first kappa shape index (κ1) is 28.8. The lowest BCUT2D eigenvalue weighted by Crippen LogP contribution is -2.71. The number of fused-ring (bicyclic) bond motifs is 1. The smallest absolute Gasteiger partial charge is 0.471 e. The molecule has 4 heterocycles. The van der Waals surface area contributed by atoms with E-state index in [4.69, 9.17) is 4.84 Å². The molecule has 40 heavy (non-hydrogen) atoms. The number of halogens is 3. The van der Waals surface area contributed by atoms with Crippen LogP contribution in [0.5, 0.6) is 0 Å². The van der Waals surface area contributed by atoms with E-state index in [2.05, 4.69) is 22.0 Å². The van der Waals surface area contributed by atoms with Crippen LogP contribution in [-0.2, 0) is 30.6 Å². The summed E-state index contributed by atoms with van der Waals surface area (Å²) in [6.07, 6.45) is -0.299. The molecule has 1 unspecified atom stereocenters. The van der Waals surface area contributed by atoms with Gasteiger partial charge in [0, 0.05) is 28.8 Å². The van der Waals surface area contributed by atoms with Gasteiger partial charge in [-0.15, -0.1) is 23.1 Å². The highest BCUT2D eigenvalue weighted by Gasteiger charge is 2.55. The molecule has 1 saturated heterocycles. The third kappa shape index (κ3) is 6.15. The van der Waals surface area contributed by atoms with E-state index < -0.39 is 52.1 Å². The molecule has 12 nitrogen and oxygen atoms in total. The molecule has 0 radical (unpaired) electrons. The molecule has 2 aliphatic rings. The number of anilines is 1. The number of aliphatic carboxylic acids is 1. The maximum Gasteiger partial charge on any atom is 0.471 e. The van der Waals surface area contributed by atoms with E-state index in [0.29, 0.717) is 16.9 Å². The van der Waals surface area contributed by atoms with Crippen molar-refractivity contribution >= 4 is 57.6 Å². The number of oxime groups is 1. The number of aromatic nitrogens is 2. The molecule has 17 heteroatoms. The Kier molecular flexibility index (Phi) is 8.53. The van der Waals surface area contributed by atoms with Gasteiger partial charge in [0.05, 0.1) is 0 Å². The molecule has 2 aliphatic heterocycles. The number of amides is 3. The van der Waals surface area contributed by atoms with Gasteiger partial charge in [-0.1, -0.05) is 23.9 Å². The van der Waals surface area contributed by atoms with Crippen LogP contribution in [-0.4, -0.2) is 74.3 Å². The number of hydrogen-bond donors (Lipinski definition) is 3. The predicted molar refractivity (Wildman–Crippen MR) is 136 cm³/mol. The number of nitrogens with one attached hydrogen (secondary N) is 2.